The topological polar surface area (TPSA) is 67.6 Å². The first-order valence-corrected chi connectivity index (χ1v) is 9.24. The van der Waals surface area contributed by atoms with E-state index in [1.165, 1.54) is 5.56 Å². The standard InChI is InChI=1S/C20H18N4OS/c1-13-8-10-16(11-9-13)19-24-23-18(25-19)14(2)26-20-21-12-17(22-20)15-6-4-3-5-7-15/h3-12,14H,1-2H3,(H,21,22). The van der Waals surface area contributed by atoms with E-state index in [0.717, 1.165) is 22.0 Å². The minimum absolute atomic E-state index is 0.00327. The highest BCUT2D eigenvalue weighted by Gasteiger charge is 2.18. The molecule has 2 aromatic heterocycles. The van der Waals surface area contributed by atoms with E-state index >= 15 is 0 Å². The molecule has 0 aliphatic rings. The molecule has 2 aromatic carbocycles. The minimum Gasteiger partial charge on any atom is -0.419 e. The first-order valence-electron chi connectivity index (χ1n) is 8.36. The van der Waals surface area contributed by atoms with E-state index in [-0.39, 0.29) is 5.25 Å². The number of nitrogens with zero attached hydrogens (tertiary/aromatic N) is 3. The van der Waals surface area contributed by atoms with E-state index in [1.54, 1.807) is 11.8 Å². The Morgan fingerprint density at radius 3 is 2.50 bits per heavy atom. The minimum atomic E-state index is -0.00327. The molecule has 0 saturated carbocycles. The van der Waals surface area contributed by atoms with Gasteiger partial charge in [-0.1, -0.05) is 59.8 Å². The summed E-state index contributed by atoms with van der Waals surface area (Å²) in [6, 6.07) is 18.2. The molecule has 1 unspecified atom stereocenters. The quantitative estimate of drug-likeness (QED) is 0.489. The highest BCUT2D eigenvalue weighted by Crippen LogP contribution is 2.34. The second-order valence-electron chi connectivity index (χ2n) is 6.04. The van der Waals surface area contributed by atoms with Crippen LogP contribution in [0, 0.1) is 6.92 Å². The number of aryl methyl sites for hydroxylation is 1. The molecule has 5 nitrogen and oxygen atoms in total. The molecule has 2 heterocycles. The van der Waals surface area contributed by atoms with Crippen molar-refractivity contribution in [2.24, 2.45) is 0 Å². The number of benzene rings is 2. The van der Waals surface area contributed by atoms with Gasteiger partial charge in [0, 0.05) is 5.56 Å². The second kappa shape index (κ2) is 7.17. The van der Waals surface area contributed by atoms with Crippen LogP contribution in [0.25, 0.3) is 22.7 Å². The maximum Gasteiger partial charge on any atom is 0.247 e. The molecular weight excluding hydrogens is 344 g/mol. The number of rotatable bonds is 5. The second-order valence-corrected chi connectivity index (χ2v) is 7.37. The lowest BCUT2D eigenvalue weighted by Gasteiger charge is -2.03. The third kappa shape index (κ3) is 3.55. The zero-order chi connectivity index (χ0) is 17.9. The molecule has 0 aliphatic heterocycles. The highest BCUT2D eigenvalue weighted by molar-refractivity contribution is 7.99. The molecule has 0 fully saturated rings. The number of aromatic amines is 1. The monoisotopic (exact) mass is 362 g/mol. The van der Waals surface area contributed by atoms with Gasteiger partial charge in [-0.3, -0.25) is 0 Å². The van der Waals surface area contributed by atoms with E-state index < -0.39 is 0 Å². The van der Waals surface area contributed by atoms with Crippen LogP contribution in [-0.2, 0) is 0 Å². The summed E-state index contributed by atoms with van der Waals surface area (Å²) in [5.41, 5.74) is 4.23. The summed E-state index contributed by atoms with van der Waals surface area (Å²) in [6.45, 7) is 4.08. The van der Waals surface area contributed by atoms with Crippen molar-refractivity contribution in [1.82, 2.24) is 20.2 Å². The van der Waals surface area contributed by atoms with E-state index in [4.69, 9.17) is 4.42 Å². The maximum atomic E-state index is 5.85. The van der Waals surface area contributed by atoms with Gasteiger partial charge in [0.15, 0.2) is 5.16 Å². The molecule has 4 aromatic rings. The fraction of sp³-hybridized carbons (Fsp3) is 0.150. The van der Waals surface area contributed by atoms with E-state index in [0.29, 0.717) is 11.8 Å². The van der Waals surface area contributed by atoms with Crippen molar-refractivity contribution in [1.29, 1.82) is 0 Å². The van der Waals surface area contributed by atoms with E-state index in [1.807, 2.05) is 55.6 Å². The third-order valence-electron chi connectivity index (χ3n) is 4.01. The Balaban J connectivity index is 1.48. The van der Waals surface area contributed by atoms with Gasteiger partial charge in [-0.05, 0) is 31.5 Å². The molecule has 0 bridgehead atoms. The Kier molecular flexibility index (Phi) is 4.58. The molecule has 0 saturated heterocycles. The molecule has 0 aliphatic carbocycles. The van der Waals surface area contributed by atoms with Crippen molar-refractivity contribution in [3.05, 3.63) is 72.2 Å². The van der Waals surface area contributed by atoms with Crippen LogP contribution in [0.1, 0.15) is 23.6 Å². The molecule has 1 atom stereocenters. The largest absolute Gasteiger partial charge is 0.419 e. The lowest BCUT2D eigenvalue weighted by molar-refractivity contribution is 0.509. The molecule has 4 rings (SSSR count). The molecule has 26 heavy (non-hydrogen) atoms. The fourth-order valence-corrected chi connectivity index (χ4v) is 3.37. The first kappa shape index (κ1) is 16.6. The van der Waals surface area contributed by atoms with Crippen molar-refractivity contribution < 1.29 is 4.42 Å². The number of nitrogens with one attached hydrogen (secondary N) is 1. The number of imidazole rings is 1. The van der Waals surface area contributed by atoms with Gasteiger partial charge in [0.25, 0.3) is 0 Å². The summed E-state index contributed by atoms with van der Waals surface area (Å²) in [5.74, 6) is 1.13. The van der Waals surface area contributed by atoms with Crippen molar-refractivity contribution in [3.63, 3.8) is 0 Å². The summed E-state index contributed by atoms with van der Waals surface area (Å²) in [7, 11) is 0. The van der Waals surface area contributed by atoms with Crippen LogP contribution in [-0.4, -0.2) is 20.2 Å². The summed E-state index contributed by atoms with van der Waals surface area (Å²) in [4.78, 5) is 7.79. The number of hydrogen-bond donors (Lipinski definition) is 1. The number of aromatic nitrogens is 4. The molecule has 6 heteroatoms. The number of thioether (sulfide) groups is 1. The average Bonchev–Trinajstić information content (AvgIpc) is 3.33. The van der Waals surface area contributed by atoms with Crippen molar-refractivity contribution in [2.75, 3.05) is 0 Å². The van der Waals surface area contributed by atoms with Gasteiger partial charge in [0.1, 0.15) is 0 Å². The Bertz CT molecular complexity index is 992. The van der Waals surface area contributed by atoms with Gasteiger partial charge in [-0.2, -0.15) is 0 Å². The van der Waals surface area contributed by atoms with Crippen LogP contribution in [0.5, 0.6) is 0 Å². The van der Waals surface area contributed by atoms with Crippen LogP contribution < -0.4 is 0 Å². The normalized spacial score (nSPS) is 12.2. The Labute approximate surface area is 155 Å². The molecular formula is C20H18N4OS. The number of hydrogen-bond acceptors (Lipinski definition) is 5. The van der Waals surface area contributed by atoms with Crippen LogP contribution >= 0.6 is 11.8 Å². The SMILES string of the molecule is Cc1ccc(-c2nnc(C(C)Sc3ncc(-c4ccccc4)[nH]3)o2)cc1. The van der Waals surface area contributed by atoms with Gasteiger partial charge < -0.3 is 9.40 Å². The Morgan fingerprint density at radius 1 is 0.962 bits per heavy atom. The molecule has 0 spiro atoms. The maximum absolute atomic E-state index is 5.85. The number of H-pyrrole nitrogens is 1. The van der Waals surface area contributed by atoms with Crippen molar-refractivity contribution in [3.8, 4) is 22.7 Å². The van der Waals surface area contributed by atoms with Gasteiger partial charge in [-0.25, -0.2) is 4.98 Å². The Hall–Kier alpha value is -2.86. The van der Waals surface area contributed by atoms with Crippen LogP contribution in [0.4, 0.5) is 0 Å². The average molecular weight is 362 g/mol. The van der Waals surface area contributed by atoms with E-state index in [2.05, 4.69) is 39.2 Å². The summed E-state index contributed by atoms with van der Waals surface area (Å²) in [6.07, 6.45) is 1.84. The Morgan fingerprint density at radius 2 is 1.73 bits per heavy atom. The third-order valence-corrected chi connectivity index (χ3v) is 5.00. The first-order chi connectivity index (χ1) is 12.7. The lowest BCUT2D eigenvalue weighted by Crippen LogP contribution is -1.89. The highest BCUT2D eigenvalue weighted by atomic mass is 32.2. The van der Waals surface area contributed by atoms with Crippen molar-refractivity contribution in [2.45, 2.75) is 24.3 Å². The van der Waals surface area contributed by atoms with Crippen LogP contribution in [0.2, 0.25) is 0 Å². The van der Waals surface area contributed by atoms with Gasteiger partial charge in [-0.15, -0.1) is 10.2 Å². The van der Waals surface area contributed by atoms with Crippen LogP contribution in [0.15, 0.2) is 70.4 Å². The summed E-state index contributed by atoms with van der Waals surface area (Å²) < 4.78 is 5.85. The molecule has 130 valence electrons. The van der Waals surface area contributed by atoms with Crippen LogP contribution in [0.3, 0.4) is 0 Å². The van der Waals surface area contributed by atoms with Gasteiger partial charge in [0.05, 0.1) is 17.1 Å². The molecule has 1 N–H and O–H groups in total. The summed E-state index contributed by atoms with van der Waals surface area (Å²) in [5, 5.41) is 9.19. The molecule has 0 radical (unpaired) electrons. The van der Waals surface area contributed by atoms with Gasteiger partial charge >= 0.3 is 0 Å². The predicted octanol–water partition coefficient (Wildman–Crippen LogP) is 5.29. The molecule has 0 amide bonds. The lowest BCUT2D eigenvalue weighted by atomic mass is 10.1. The summed E-state index contributed by atoms with van der Waals surface area (Å²) >= 11 is 1.56. The van der Waals surface area contributed by atoms with Crippen molar-refractivity contribution >= 4 is 11.8 Å². The zero-order valence-corrected chi connectivity index (χ0v) is 15.3. The predicted molar refractivity (Wildman–Crippen MR) is 103 cm³/mol. The van der Waals surface area contributed by atoms with Gasteiger partial charge in [0.2, 0.25) is 11.8 Å². The van der Waals surface area contributed by atoms with E-state index in [9.17, 15) is 0 Å². The fourth-order valence-electron chi connectivity index (χ4n) is 2.56. The smallest absolute Gasteiger partial charge is 0.247 e. The zero-order valence-electron chi connectivity index (χ0n) is 14.5.